The fraction of sp³-hybridized carbons (Fsp3) is 0.929. The van der Waals surface area contributed by atoms with Crippen LogP contribution in [0.15, 0.2) is 0 Å². The number of carbonyl (C=O) groups excluding carboxylic acids is 1. The van der Waals surface area contributed by atoms with E-state index in [0.717, 1.165) is 25.1 Å². The van der Waals surface area contributed by atoms with Crippen molar-refractivity contribution in [1.82, 2.24) is 4.90 Å². The van der Waals surface area contributed by atoms with Gasteiger partial charge < -0.3 is 4.90 Å². The number of hydrogen-bond donors (Lipinski definition) is 0. The average molecular weight is 255 g/mol. The molecule has 1 saturated carbocycles. The molecule has 1 aliphatic carbocycles. The Kier molecular flexibility index (Phi) is 4.06. The minimum Gasteiger partial charge on any atom is -0.339 e. The summed E-state index contributed by atoms with van der Waals surface area (Å²) in [5.41, 5.74) is 0. The smallest absolute Gasteiger partial charge is 0.225 e. The molecule has 1 heterocycles. The molecule has 2 aliphatic rings. The molecule has 0 aromatic rings. The topological polar surface area (TPSA) is 20.3 Å². The molecule has 1 saturated heterocycles. The van der Waals surface area contributed by atoms with Gasteiger partial charge in [-0.1, -0.05) is 20.8 Å². The SMILES string of the molecule is CC(C)(C)SC[C@H]1CCCCN1C(=O)C1CC1. The quantitative estimate of drug-likeness (QED) is 0.771. The van der Waals surface area contributed by atoms with E-state index in [2.05, 4.69) is 25.7 Å². The van der Waals surface area contributed by atoms with Crippen LogP contribution in [-0.4, -0.2) is 33.9 Å². The normalized spacial score (nSPS) is 26.1. The fourth-order valence-corrected chi connectivity index (χ4v) is 3.41. The molecule has 1 amide bonds. The molecule has 0 bridgehead atoms. The molecule has 0 spiro atoms. The molecule has 0 N–H and O–H groups in total. The zero-order valence-electron chi connectivity index (χ0n) is 11.4. The lowest BCUT2D eigenvalue weighted by atomic mass is 10.0. The molecule has 1 atom stereocenters. The second-order valence-corrected chi connectivity index (χ2v) is 8.23. The maximum absolute atomic E-state index is 12.2. The van der Waals surface area contributed by atoms with Gasteiger partial charge in [0.05, 0.1) is 0 Å². The van der Waals surface area contributed by atoms with Crippen molar-refractivity contribution < 1.29 is 4.79 Å². The van der Waals surface area contributed by atoms with Gasteiger partial charge in [0.2, 0.25) is 5.91 Å². The van der Waals surface area contributed by atoms with Gasteiger partial charge in [-0.25, -0.2) is 0 Å². The summed E-state index contributed by atoms with van der Waals surface area (Å²) in [6.07, 6.45) is 5.98. The number of piperidine rings is 1. The first-order chi connectivity index (χ1) is 7.97. The number of thioether (sulfide) groups is 1. The van der Waals surface area contributed by atoms with Crippen molar-refractivity contribution in [3.8, 4) is 0 Å². The summed E-state index contributed by atoms with van der Waals surface area (Å²) in [5, 5.41) is 0. The predicted molar refractivity (Wildman–Crippen MR) is 74.3 cm³/mol. The predicted octanol–water partition coefficient (Wildman–Crippen LogP) is 3.31. The molecule has 0 unspecified atom stereocenters. The summed E-state index contributed by atoms with van der Waals surface area (Å²) in [4.78, 5) is 14.4. The van der Waals surface area contributed by atoms with Crippen LogP contribution in [0.4, 0.5) is 0 Å². The van der Waals surface area contributed by atoms with Gasteiger partial charge in [0, 0.05) is 29.0 Å². The summed E-state index contributed by atoms with van der Waals surface area (Å²) < 4.78 is 0.311. The summed E-state index contributed by atoms with van der Waals surface area (Å²) in [6.45, 7) is 7.78. The Balaban J connectivity index is 1.89. The number of likely N-dealkylation sites (tertiary alicyclic amines) is 1. The summed E-state index contributed by atoms with van der Waals surface area (Å²) in [5.74, 6) is 1.95. The van der Waals surface area contributed by atoms with Gasteiger partial charge in [0.1, 0.15) is 0 Å². The van der Waals surface area contributed by atoms with E-state index >= 15 is 0 Å². The lowest BCUT2D eigenvalue weighted by Gasteiger charge is -2.37. The Labute approximate surface area is 110 Å². The lowest BCUT2D eigenvalue weighted by Crippen LogP contribution is -2.46. The van der Waals surface area contributed by atoms with Crippen LogP contribution in [0, 0.1) is 5.92 Å². The lowest BCUT2D eigenvalue weighted by molar-refractivity contribution is -0.135. The third kappa shape index (κ3) is 3.90. The standard InChI is InChI=1S/C14H25NOS/c1-14(2,3)17-10-12-6-4-5-9-15(12)13(16)11-7-8-11/h11-12H,4-10H2,1-3H3/t12-/m1/s1. The molecule has 2 fully saturated rings. The van der Waals surface area contributed by atoms with Gasteiger partial charge in [0.15, 0.2) is 0 Å². The van der Waals surface area contributed by atoms with Crippen LogP contribution in [0.2, 0.25) is 0 Å². The van der Waals surface area contributed by atoms with Crippen LogP contribution in [0.5, 0.6) is 0 Å². The highest BCUT2D eigenvalue weighted by atomic mass is 32.2. The monoisotopic (exact) mass is 255 g/mol. The molecule has 98 valence electrons. The van der Waals surface area contributed by atoms with Crippen LogP contribution in [0.1, 0.15) is 52.9 Å². The second-order valence-electron chi connectivity index (χ2n) is 6.38. The molecular formula is C14H25NOS. The number of nitrogens with zero attached hydrogens (tertiary/aromatic N) is 1. The van der Waals surface area contributed by atoms with Gasteiger partial charge in [-0.2, -0.15) is 11.8 Å². The van der Waals surface area contributed by atoms with Gasteiger partial charge in [-0.3, -0.25) is 4.79 Å². The Bertz CT molecular complexity index is 280. The van der Waals surface area contributed by atoms with E-state index in [9.17, 15) is 4.79 Å². The van der Waals surface area contributed by atoms with Crippen molar-refractivity contribution >= 4 is 17.7 Å². The van der Waals surface area contributed by atoms with E-state index in [0.29, 0.717) is 22.6 Å². The van der Waals surface area contributed by atoms with Crippen LogP contribution >= 0.6 is 11.8 Å². The Morgan fingerprint density at radius 2 is 1.94 bits per heavy atom. The first-order valence-corrected chi connectivity index (χ1v) is 7.90. The van der Waals surface area contributed by atoms with Crippen molar-refractivity contribution in [1.29, 1.82) is 0 Å². The van der Waals surface area contributed by atoms with E-state index in [4.69, 9.17) is 0 Å². The Morgan fingerprint density at radius 3 is 2.53 bits per heavy atom. The summed E-state index contributed by atoms with van der Waals surface area (Å²) >= 11 is 2.00. The van der Waals surface area contributed by atoms with Gasteiger partial charge in [-0.05, 0) is 32.1 Å². The zero-order valence-corrected chi connectivity index (χ0v) is 12.2. The van der Waals surface area contributed by atoms with Crippen LogP contribution in [0.3, 0.4) is 0 Å². The van der Waals surface area contributed by atoms with Crippen molar-refractivity contribution in [3.63, 3.8) is 0 Å². The molecule has 17 heavy (non-hydrogen) atoms. The van der Waals surface area contributed by atoms with E-state index in [1.807, 2.05) is 11.8 Å². The van der Waals surface area contributed by atoms with Crippen molar-refractivity contribution in [2.45, 2.75) is 63.7 Å². The third-order valence-corrected chi connectivity index (χ3v) is 4.96. The van der Waals surface area contributed by atoms with Gasteiger partial charge in [-0.15, -0.1) is 0 Å². The maximum atomic E-state index is 12.2. The van der Waals surface area contributed by atoms with E-state index in [1.165, 1.54) is 19.3 Å². The third-order valence-electron chi connectivity index (χ3n) is 3.55. The van der Waals surface area contributed by atoms with Crippen LogP contribution in [0.25, 0.3) is 0 Å². The summed E-state index contributed by atoms with van der Waals surface area (Å²) in [7, 11) is 0. The molecule has 1 aliphatic heterocycles. The van der Waals surface area contributed by atoms with E-state index < -0.39 is 0 Å². The second kappa shape index (κ2) is 5.21. The molecule has 3 heteroatoms. The van der Waals surface area contributed by atoms with E-state index in [-0.39, 0.29) is 0 Å². The minimum atomic E-state index is 0.311. The zero-order chi connectivity index (χ0) is 12.5. The highest BCUT2D eigenvalue weighted by molar-refractivity contribution is 8.00. The average Bonchev–Trinajstić information content (AvgIpc) is 3.08. The molecule has 2 rings (SSSR count). The maximum Gasteiger partial charge on any atom is 0.225 e. The van der Waals surface area contributed by atoms with Crippen LogP contribution < -0.4 is 0 Å². The Hall–Kier alpha value is -0.180. The van der Waals surface area contributed by atoms with Crippen LogP contribution in [-0.2, 0) is 4.79 Å². The summed E-state index contributed by atoms with van der Waals surface area (Å²) in [6, 6.07) is 0.501. The number of carbonyl (C=O) groups is 1. The van der Waals surface area contributed by atoms with Gasteiger partial charge >= 0.3 is 0 Å². The first kappa shape index (κ1) is 13.3. The molecule has 0 radical (unpaired) electrons. The number of amides is 1. The molecule has 2 nitrogen and oxygen atoms in total. The number of rotatable bonds is 3. The molecule has 0 aromatic carbocycles. The highest BCUT2D eigenvalue weighted by Crippen LogP contribution is 2.35. The Morgan fingerprint density at radius 1 is 1.24 bits per heavy atom. The minimum absolute atomic E-state index is 0.311. The molecule has 0 aromatic heterocycles. The fourth-order valence-electron chi connectivity index (χ4n) is 2.37. The van der Waals surface area contributed by atoms with Crippen molar-refractivity contribution in [3.05, 3.63) is 0 Å². The first-order valence-electron chi connectivity index (χ1n) is 6.92. The van der Waals surface area contributed by atoms with Gasteiger partial charge in [0.25, 0.3) is 0 Å². The molecular weight excluding hydrogens is 230 g/mol. The highest BCUT2D eigenvalue weighted by Gasteiger charge is 2.37. The largest absolute Gasteiger partial charge is 0.339 e. The van der Waals surface area contributed by atoms with Crippen molar-refractivity contribution in [2.75, 3.05) is 12.3 Å². The van der Waals surface area contributed by atoms with Crippen molar-refractivity contribution in [2.24, 2.45) is 5.92 Å². The van der Waals surface area contributed by atoms with E-state index in [1.54, 1.807) is 0 Å². The number of hydrogen-bond acceptors (Lipinski definition) is 2.